The van der Waals surface area contributed by atoms with Gasteiger partial charge in [0.05, 0.1) is 129 Å². The molecule has 0 saturated carbocycles. The van der Waals surface area contributed by atoms with E-state index in [4.69, 9.17) is 103 Å². The van der Waals surface area contributed by atoms with Crippen molar-refractivity contribution >= 4 is 114 Å². The van der Waals surface area contributed by atoms with Crippen molar-refractivity contribution in [3.63, 3.8) is 0 Å². The predicted octanol–water partition coefficient (Wildman–Crippen LogP) is 13.8. The van der Waals surface area contributed by atoms with E-state index in [2.05, 4.69) is 106 Å². The van der Waals surface area contributed by atoms with Crippen LogP contribution in [0.2, 0.25) is 15.3 Å². The van der Waals surface area contributed by atoms with Crippen LogP contribution in [-0.4, -0.2) is 165 Å². The smallest absolute Gasteiger partial charge is 0.293 e. The molecule has 40 heteroatoms. The van der Waals surface area contributed by atoms with Crippen molar-refractivity contribution in [2.24, 2.45) is 21.1 Å². The summed E-state index contributed by atoms with van der Waals surface area (Å²) in [5.74, 6) is 6.52. The zero-order valence-corrected chi connectivity index (χ0v) is 67.6. The number of ether oxygens (including phenoxy) is 6. The molecule has 6 N–H and O–H groups in total. The maximum absolute atomic E-state index is 7.44. The van der Waals surface area contributed by atoms with Gasteiger partial charge in [0.1, 0.15) is 63.0 Å². The molecule has 0 spiro atoms. The Labute approximate surface area is 680 Å². The van der Waals surface area contributed by atoms with Gasteiger partial charge in [-0.2, -0.15) is 14.4 Å². The number of hydrogen-bond acceptors (Lipinski definition) is 29. The molecule has 3 aliphatic heterocycles. The van der Waals surface area contributed by atoms with Crippen molar-refractivity contribution in [3.8, 4) is 51.4 Å². The summed E-state index contributed by atoms with van der Waals surface area (Å²) in [6.45, 7) is 25.7. The number of pyridine rings is 3. The van der Waals surface area contributed by atoms with Gasteiger partial charge in [-0.3, -0.25) is 23.7 Å². The summed E-state index contributed by atoms with van der Waals surface area (Å²) in [5, 5.41) is 44.8. The van der Waals surface area contributed by atoms with Gasteiger partial charge in [0.15, 0.2) is 39.9 Å². The second kappa shape index (κ2) is 36.6. The van der Waals surface area contributed by atoms with Crippen LogP contribution in [0.3, 0.4) is 0 Å². The number of aryl methyl sites for hydroxylation is 8. The van der Waals surface area contributed by atoms with Gasteiger partial charge in [-0.1, -0.05) is 71.1 Å². The molecule has 116 heavy (non-hydrogen) atoms. The van der Waals surface area contributed by atoms with Crippen LogP contribution in [0.25, 0.3) is 77.3 Å². The minimum atomic E-state index is -0.141. The molecule has 14 aromatic rings. The second-order valence-electron chi connectivity index (χ2n) is 26.8. The van der Waals surface area contributed by atoms with Crippen molar-refractivity contribution in [2.45, 2.75) is 118 Å². The number of fused-ring (bicyclic) bond motifs is 3. The molecular formula is C76H82Cl3N31O6. The minimum Gasteiger partial charge on any atom is -0.494 e. The zero-order valence-electron chi connectivity index (χ0n) is 65.3. The van der Waals surface area contributed by atoms with Gasteiger partial charge in [-0.05, 0) is 157 Å². The Morgan fingerprint density at radius 2 is 0.888 bits per heavy atom. The first-order valence-electron chi connectivity index (χ1n) is 36.8. The predicted molar refractivity (Wildman–Crippen MR) is 435 cm³/mol. The molecule has 0 aliphatic carbocycles. The van der Waals surface area contributed by atoms with Crippen molar-refractivity contribution in [2.75, 3.05) is 63.3 Å². The number of nitrogens with zero attached hydrogens (tertiary/aromatic N) is 27. The molecule has 0 amide bonds. The number of para-hydroxylation sites is 3. The molecule has 37 nitrogen and oxygen atoms in total. The Bertz CT molecular complexity index is 5950. The minimum absolute atomic E-state index is 0.00853. The number of aromatic nitrogens is 25. The Kier molecular flexibility index (Phi) is 25.6. The summed E-state index contributed by atoms with van der Waals surface area (Å²) < 4.78 is 40.7. The lowest BCUT2D eigenvalue weighted by atomic mass is 10.1. The average Bonchev–Trinajstić information content (AvgIpc) is 1.61. The summed E-state index contributed by atoms with van der Waals surface area (Å²) in [6, 6.07) is 22.2. The van der Waals surface area contributed by atoms with E-state index < -0.39 is 0 Å². The normalized spacial score (nSPS) is 15.2. The summed E-state index contributed by atoms with van der Waals surface area (Å²) in [7, 11) is 9.91. The van der Waals surface area contributed by atoms with Crippen LogP contribution in [0.1, 0.15) is 117 Å². The summed E-state index contributed by atoms with van der Waals surface area (Å²) >= 11 is 18.5. The maximum Gasteiger partial charge on any atom is 0.293 e. The molecule has 3 aromatic carbocycles. The molecule has 3 fully saturated rings. The van der Waals surface area contributed by atoms with Crippen LogP contribution in [0.15, 0.2) is 85.2 Å². The van der Waals surface area contributed by atoms with Crippen LogP contribution < -0.4 is 36.3 Å². The summed E-state index contributed by atoms with van der Waals surface area (Å²) in [6.07, 6.45) is 12.6. The van der Waals surface area contributed by atoms with Gasteiger partial charge < -0.3 is 60.2 Å². The second-order valence-corrected chi connectivity index (χ2v) is 28.0. The molecule has 17 rings (SSSR count). The van der Waals surface area contributed by atoms with E-state index in [1.165, 1.54) is 20.6 Å². The standard InChI is InChI=1S/C28H29N11O2.C21H23ClN8O2.C12H13Cl2N3O.C9H11N5O.C6H6N4/c1-16-26(29-3)32-19(15-30-16)13-18-14-22(24-28(33-18)39(17(2)31-24)23-11-6-7-12-41-23)34-21-10-8-9-20(25(21)40-5)27-35-37-38(4)36-27;1-12-23-18-15(11-16(22)25-21(18)30(12)17-9-4-5-10-32-17)24-14-8-6-7-13(19(14)31-3)20-26-28-29(2)27-20;1-7-15-11-8(13)6-9(14)16-12(11)17(7)10-4-2-3-5-18-10;1-14-12-9(11-13-14)6-4-3-5-7(10)8(6)15-2;1-4-6(8-2)10-5(7)3-9-4/h8-10,14-15,23H,6-7,11-13H2,1-2,4-5H3,(H,33,34);6-8,11,17H,4-5,9-10H2,1-3H3,(H,24,25);6,10H,2-5H2,1H3;3-5H,10H2,1-2H3;3H,1H3,(H2,7,10). The number of hydrogen-bond donors (Lipinski definition) is 4. The summed E-state index contributed by atoms with van der Waals surface area (Å²) in [5.41, 5.74) is 23.5. The lowest BCUT2D eigenvalue weighted by Gasteiger charge is -2.25. The molecule has 3 unspecified atom stereocenters. The molecule has 3 atom stereocenters. The Morgan fingerprint density at radius 3 is 1.32 bits per heavy atom. The van der Waals surface area contributed by atoms with E-state index in [0.717, 1.165) is 122 Å². The Morgan fingerprint density at radius 1 is 0.474 bits per heavy atom. The van der Waals surface area contributed by atoms with Crippen molar-refractivity contribution in [1.82, 2.24) is 124 Å². The molecule has 3 saturated heterocycles. The third-order valence-electron chi connectivity index (χ3n) is 18.7. The van der Waals surface area contributed by atoms with E-state index in [9.17, 15) is 0 Å². The third-order valence-corrected chi connectivity index (χ3v) is 19.4. The number of tetrazole rings is 3. The highest BCUT2D eigenvalue weighted by Crippen LogP contribution is 2.43. The SMILES string of the molecule is COc1c(N)cccc1-c1nnn(C)n1.COc1c(Nc2cc(Cl)nc3c2nc(C)n3C2CCCCO2)cccc1-c1nnn(C)n1.Cc1nc2c(Cl)cc(Cl)nc2n1C1CCCCO1.[C-]#[N+]c1nc(Cc2cc(Nc3cccc(-c4nnn(C)n4)c3OC)c3nc(C)n(C4CCCCO4)c3n2)cnc1C.[C-]#[N+]c1nc(N)cnc1C. The van der Waals surface area contributed by atoms with Crippen LogP contribution in [0.5, 0.6) is 17.2 Å². The number of nitrogens with two attached hydrogens (primary N) is 2. The van der Waals surface area contributed by atoms with Crippen LogP contribution in [0, 0.1) is 47.8 Å². The molecular weight excluding hydrogens is 1550 g/mol. The zero-order chi connectivity index (χ0) is 81.8. The van der Waals surface area contributed by atoms with Crippen molar-refractivity contribution in [3.05, 3.63) is 164 Å². The fourth-order valence-electron chi connectivity index (χ4n) is 13.5. The lowest BCUT2D eigenvalue weighted by Crippen LogP contribution is -2.19. The maximum atomic E-state index is 7.44. The number of imidazole rings is 3. The number of methoxy groups -OCH3 is 3. The number of anilines is 6. The van der Waals surface area contributed by atoms with Crippen molar-refractivity contribution < 1.29 is 28.4 Å². The quantitative estimate of drug-likeness (QED) is 0.0421. The number of nitrogen functional groups attached to an aromatic ring is 2. The topological polar surface area (TPSA) is 415 Å². The Hall–Kier alpha value is -12.8. The first-order valence-corrected chi connectivity index (χ1v) is 37.9. The first-order chi connectivity index (χ1) is 56.1. The fraction of sp³-hybridized carbons (Fsp3) is 0.355. The van der Waals surface area contributed by atoms with Gasteiger partial charge in [-0.15, -0.1) is 35.6 Å². The third kappa shape index (κ3) is 18.2. The van der Waals surface area contributed by atoms with E-state index in [1.807, 2.05) is 84.5 Å². The average molecular weight is 1630 g/mol. The van der Waals surface area contributed by atoms with Gasteiger partial charge in [-0.25, -0.2) is 29.9 Å². The fourth-order valence-corrected chi connectivity index (χ4v) is 14.1. The van der Waals surface area contributed by atoms with Crippen LogP contribution in [0.4, 0.5) is 45.9 Å². The largest absolute Gasteiger partial charge is 0.494 e. The first kappa shape index (κ1) is 81.2. The molecule has 11 aromatic heterocycles. The van der Waals surface area contributed by atoms with E-state index in [-0.39, 0.29) is 36.1 Å². The molecule has 14 heterocycles. The molecule has 0 radical (unpaired) electrons. The van der Waals surface area contributed by atoms with Gasteiger partial charge in [0, 0.05) is 25.9 Å². The lowest BCUT2D eigenvalue weighted by molar-refractivity contribution is -0.0310. The highest BCUT2D eigenvalue weighted by molar-refractivity contribution is 6.37. The van der Waals surface area contributed by atoms with Crippen LogP contribution >= 0.6 is 34.8 Å². The number of rotatable bonds is 15. The van der Waals surface area contributed by atoms with Gasteiger partial charge in [0.25, 0.3) is 11.6 Å². The highest BCUT2D eigenvalue weighted by atomic mass is 35.5. The number of halogens is 3. The van der Waals surface area contributed by atoms with E-state index >= 15 is 0 Å². The number of benzene rings is 3. The van der Waals surface area contributed by atoms with E-state index in [1.54, 1.807) is 80.7 Å². The summed E-state index contributed by atoms with van der Waals surface area (Å²) in [4.78, 5) is 55.4. The van der Waals surface area contributed by atoms with Gasteiger partial charge >= 0.3 is 0 Å². The van der Waals surface area contributed by atoms with Gasteiger partial charge in [0.2, 0.25) is 23.3 Å². The monoisotopic (exact) mass is 1630 g/mol. The molecule has 598 valence electrons. The van der Waals surface area contributed by atoms with Crippen molar-refractivity contribution in [1.29, 1.82) is 0 Å². The molecule has 0 bridgehead atoms. The van der Waals surface area contributed by atoms with Crippen LogP contribution in [-0.2, 0) is 41.8 Å². The highest BCUT2D eigenvalue weighted by Gasteiger charge is 2.29. The van der Waals surface area contributed by atoms with E-state index in [0.29, 0.717) is 131 Å². The molecule has 3 aliphatic rings. The Balaban J connectivity index is 0.000000137. The number of nitrogens with one attached hydrogen (secondary N) is 2.